The van der Waals surface area contributed by atoms with E-state index in [1.54, 1.807) is 17.9 Å². The maximum atomic E-state index is 12.5. The molecule has 0 bridgehead atoms. The van der Waals surface area contributed by atoms with Gasteiger partial charge in [0.05, 0.1) is 6.20 Å². The summed E-state index contributed by atoms with van der Waals surface area (Å²) in [6.45, 7) is 4.80. The second-order valence-electron chi connectivity index (χ2n) is 6.28. The van der Waals surface area contributed by atoms with Crippen molar-refractivity contribution in [3.05, 3.63) is 52.3 Å². The first kappa shape index (κ1) is 17.7. The topological polar surface area (TPSA) is 59.0 Å². The number of halogens is 1. The van der Waals surface area contributed by atoms with Gasteiger partial charge in [-0.05, 0) is 24.7 Å². The molecule has 6 heteroatoms. The number of nitrogens with one attached hydrogen (secondary N) is 2. The fourth-order valence-electron chi connectivity index (χ4n) is 2.45. The lowest BCUT2D eigenvalue weighted by Crippen LogP contribution is -2.42. The van der Waals surface area contributed by atoms with Crippen molar-refractivity contribution in [2.24, 2.45) is 7.05 Å². The molecule has 0 saturated heterocycles. The van der Waals surface area contributed by atoms with Crippen molar-refractivity contribution in [3.63, 3.8) is 0 Å². The number of aryl methyl sites for hydroxylation is 1. The van der Waals surface area contributed by atoms with Crippen molar-refractivity contribution in [1.29, 1.82) is 0 Å². The fraction of sp³-hybridized carbons (Fsp3) is 0.412. The van der Waals surface area contributed by atoms with Crippen molar-refractivity contribution in [1.82, 2.24) is 20.4 Å². The van der Waals surface area contributed by atoms with E-state index in [9.17, 15) is 4.79 Å². The highest BCUT2D eigenvalue weighted by molar-refractivity contribution is 9.10. The Labute approximate surface area is 145 Å². The lowest BCUT2D eigenvalue weighted by Gasteiger charge is -2.27. The van der Waals surface area contributed by atoms with E-state index in [2.05, 4.69) is 57.6 Å². The second-order valence-corrected chi connectivity index (χ2v) is 7.19. The van der Waals surface area contributed by atoms with Crippen LogP contribution in [0.3, 0.4) is 0 Å². The van der Waals surface area contributed by atoms with E-state index in [-0.39, 0.29) is 11.3 Å². The minimum absolute atomic E-state index is 0.0503. The number of hydrogen-bond donors (Lipinski definition) is 2. The van der Waals surface area contributed by atoms with Gasteiger partial charge in [-0.25, -0.2) is 0 Å². The fourth-order valence-corrected chi connectivity index (χ4v) is 2.72. The molecule has 2 aromatic rings. The Morgan fingerprint density at radius 3 is 2.52 bits per heavy atom. The standard InChI is InChI=1S/C17H23BrN4O/c1-17(2,13-5-7-14(18)8-6-13)11-20-16(23)15(19-3)12-9-21-22(4)10-12/h5-10,15,19H,11H2,1-4H3,(H,20,23). The van der Waals surface area contributed by atoms with Gasteiger partial charge in [-0.2, -0.15) is 5.10 Å². The minimum atomic E-state index is -0.399. The zero-order valence-corrected chi connectivity index (χ0v) is 15.5. The molecule has 1 heterocycles. The van der Waals surface area contributed by atoms with Crippen LogP contribution < -0.4 is 10.6 Å². The average Bonchev–Trinajstić information content (AvgIpc) is 2.93. The van der Waals surface area contributed by atoms with Crippen LogP contribution >= 0.6 is 15.9 Å². The van der Waals surface area contributed by atoms with Crippen LogP contribution in [-0.2, 0) is 17.3 Å². The van der Waals surface area contributed by atoms with Crippen molar-refractivity contribution in [2.75, 3.05) is 13.6 Å². The number of amides is 1. The van der Waals surface area contributed by atoms with Crippen LogP contribution in [0.15, 0.2) is 41.1 Å². The summed E-state index contributed by atoms with van der Waals surface area (Å²) in [5, 5.41) is 10.2. The molecule has 1 aromatic heterocycles. The first-order valence-corrected chi connectivity index (χ1v) is 8.32. The Kier molecular flexibility index (Phi) is 5.59. The Balaban J connectivity index is 2.03. The van der Waals surface area contributed by atoms with E-state index in [1.165, 1.54) is 5.56 Å². The zero-order chi connectivity index (χ0) is 17.0. The van der Waals surface area contributed by atoms with E-state index in [0.717, 1.165) is 10.0 Å². The van der Waals surface area contributed by atoms with E-state index in [4.69, 9.17) is 0 Å². The normalized spacial score (nSPS) is 12.9. The average molecular weight is 379 g/mol. The number of carbonyl (C=O) groups excluding carboxylic acids is 1. The smallest absolute Gasteiger partial charge is 0.241 e. The van der Waals surface area contributed by atoms with Crippen molar-refractivity contribution < 1.29 is 4.79 Å². The highest BCUT2D eigenvalue weighted by Gasteiger charge is 2.25. The number of carbonyl (C=O) groups is 1. The van der Waals surface area contributed by atoms with Crippen molar-refractivity contribution in [3.8, 4) is 0 Å². The van der Waals surface area contributed by atoms with Gasteiger partial charge >= 0.3 is 0 Å². The molecule has 1 unspecified atom stereocenters. The van der Waals surface area contributed by atoms with Gasteiger partial charge in [0.2, 0.25) is 5.91 Å². The van der Waals surface area contributed by atoms with Gasteiger partial charge in [0.1, 0.15) is 6.04 Å². The number of nitrogens with zero attached hydrogens (tertiary/aromatic N) is 2. The van der Waals surface area contributed by atoms with E-state index in [1.807, 2.05) is 25.4 Å². The summed E-state index contributed by atoms with van der Waals surface area (Å²) in [6, 6.07) is 7.79. The molecule has 0 radical (unpaired) electrons. The summed E-state index contributed by atoms with van der Waals surface area (Å²) in [4.78, 5) is 12.5. The molecule has 1 atom stereocenters. The van der Waals surface area contributed by atoms with Crippen LogP contribution in [0, 0.1) is 0 Å². The molecule has 0 aliphatic carbocycles. The van der Waals surface area contributed by atoms with Crippen LogP contribution in [0.5, 0.6) is 0 Å². The molecule has 5 nitrogen and oxygen atoms in total. The summed E-state index contributed by atoms with van der Waals surface area (Å²) in [7, 11) is 3.61. The number of likely N-dealkylation sites (N-methyl/N-ethyl adjacent to an activating group) is 1. The number of benzene rings is 1. The largest absolute Gasteiger partial charge is 0.354 e. The Morgan fingerprint density at radius 2 is 2.00 bits per heavy atom. The van der Waals surface area contributed by atoms with Crippen LogP contribution in [-0.4, -0.2) is 29.3 Å². The molecule has 0 spiro atoms. The summed E-state index contributed by atoms with van der Waals surface area (Å²) < 4.78 is 2.74. The van der Waals surface area contributed by atoms with Crippen molar-refractivity contribution >= 4 is 21.8 Å². The molecular weight excluding hydrogens is 356 g/mol. The van der Waals surface area contributed by atoms with Gasteiger partial charge in [-0.3, -0.25) is 9.48 Å². The Hall–Kier alpha value is -1.66. The first-order valence-electron chi connectivity index (χ1n) is 7.53. The van der Waals surface area contributed by atoms with Gasteiger partial charge in [0.25, 0.3) is 0 Å². The molecule has 0 fully saturated rings. The number of aromatic nitrogens is 2. The maximum Gasteiger partial charge on any atom is 0.241 e. The van der Waals surface area contributed by atoms with E-state index < -0.39 is 6.04 Å². The highest BCUT2D eigenvalue weighted by Crippen LogP contribution is 2.24. The van der Waals surface area contributed by atoms with E-state index in [0.29, 0.717) is 6.54 Å². The van der Waals surface area contributed by atoms with Gasteiger partial charge < -0.3 is 10.6 Å². The van der Waals surface area contributed by atoms with Crippen LogP contribution in [0.2, 0.25) is 0 Å². The predicted molar refractivity (Wildman–Crippen MR) is 95.2 cm³/mol. The minimum Gasteiger partial charge on any atom is -0.354 e. The first-order chi connectivity index (χ1) is 10.8. The predicted octanol–water partition coefficient (Wildman–Crippen LogP) is 2.54. The SMILES string of the molecule is CNC(C(=O)NCC(C)(C)c1ccc(Br)cc1)c1cnn(C)c1. The zero-order valence-electron chi connectivity index (χ0n) is 13.9. The number of rotatable bonds is 6. The van der Waals surface area contributed by atoms with Gasteiger partial charge in [-0.15, -0.1) is 0 Å². The monoisotopic (exact) mass is 378 g/mol. The van der Waals surface area contributed by atoms with Gasteiger partial charge in [-0.1, -0.05) is 41.9 Å². The molecule has 0 aliphatic heterocycles. The summed E-state index contributed by atoms with van der Waals surface area (Å²) >= 11 is 3.44. The Bertz CT molecular complexity index is 663. The second kappa shape index (κ2) is 7.27. The van der Waals surface area contributed by atoms with Crippen LogP contribution in [0.25, 0.3) is 0 Å². The molecule has 0 saturated carbocycles. The quantitative estimate of drug-likeness (QED) is 0.811. The van der Waals surface area contributed by atoms with E-state index >= 15 is 0 Å². The molecule has 1 aromatic carbocycles. The molecule has 0 aliphatic rings. The third-order valence-electron chi connectivity index (χ3n) is 3.94. The summed E-state index contributed by atoms with van der Waals surface area (Å²) in [5.74, 6) is -0.0503. The Morgan fingerprint density at radius 1 is 1.35 bits per heavy atom. The van der Waals surface area contributed by atoms with Gasteiger partial charge in [0.15, 0.2) is 0 Å². The van der Waals surface area contributed by atoms with Gasteiger partial charge in [0, 0.05) is 35.2 Å². The third kappa shape index (κ3) is 4.42. The summed E-state index contributed by atoms with van der Waals surface area (Å²) in [6.07, 6.45) is 3.56. The number of hydrogen-bond acceptors (Lipinski definition) is 3. The molecule has 2 N–H and O–H groups in total. The van der Waals surface area contributed by atoms with Crippen LogP contribution in [0.4, 0.5) is 0 Å². The lowest BCUT2D eigenvalue weighted by atomic mass is 9.84. The molecule has 23 heavy (non-hydrogen) atoms. The van der Waals surface area contributed by atoms with Crippen LogP contribution in [0.1, 0.15) is 31.0 Å². The summed E-state index contributed by atoms with van der Waals surface area (Å²) in [5.41, 5.74) is 1.89. The molecular formula is C17H23BrN4O. The van der Waals surface area contributed by atoms with Crippen molar-refractivity contribution in [2.45, 2.75) is 25.3 Å². The molecule has 2 rings (SSSR count). The lowest BCUT2D eigenvalue weighted by molar-refractivity contribution is -0.123. The molecule has 1 amide bonds. The molecule has 124 valence electrons. The third-order valence-corrected chi connectivity index (χ3v) is 4.47. The highest BCUT2D eigenvalue weighted by atomic mass is 79.9. The maximum absolute atomic E-state index is 12.5.